The molecule has 0 unspecified atom stereocenters. The Hall–Kier alpha value is -2.16. The maximum absolute atomic E-state index is 13.8. The summed E-state index contributed by atoms with van der Waals surface area (Å²) in [7, 11) is 0. The van der Waals surface area contributed by atoms with E-state index in [4.69, 9.17) is 4.74 Å². The largest absolute Gasteiger partial charge is 0.372 e. The van der Waals surface area contributed by atoms with Gasteiger partial charge in [-0.2, -0.15) is 0 Å². The zero-order chi connectivity index (χ0) is 20.3. The van der Waals surface area contributed by atoms with Gasteiger partial charge in [-0.1, -0.05) is 37.7 Å². The average molecular weight is 427 g/mol. The summed E-state index contributed by atoms with van der Waals surface area (Å²) in [5.74, 6) is 0.954. The second-order valence-electron chi connectivity index (χ2n) is 7.78. The van der Waals surface area contributed by atoms with Crippen LogP contribution in [0.15, 0.2) is 34.2 Å². The van der Waals surface area contributed by atoms with Gasteiger partial charge in [0.05, 0.1) is 23.8 Å². The number of benzene rings is 1. The summed E-state index contributed by atoms with van der Waals surface area (Å²) in [4.78, 5) is 15.9. The van der Waals surface area contributed by atoms with E-state index in [9.17, 15) is 4.79 Å². The van der Waals surface area contributed by atoms with Gasteiger partial charge >= 0.3 is 0 Å². The Morgan fingerprint density at radius 3 is 2.86 bits per heavy atom. The van der Waals surface area contributed by atoms with Crippen molar-refractivity contribution in [2.24, 2.45) is 5.92 Å². The van der Waals surface area contributed by atoms with Crippen molar-refractivity contribution < 1.29 is 4.74 Å². The molecular weight excluding hydrogens is 404 g/mol. The van der Waals surface area contributed by atoms with Crippen LogP contribution in [0.2, 0.25) is 0 Å². The third kappa shape index (κ3) is 2.85. The summed E-state index contributed by atoms with van der Waals surface area (Å²) in [6.07, 6.45) is 2.87. The Morgan fingerprint density at radius 2 is 2.14 bits per heavy atom. The predicted octanol–water partition coefficient (Wildman–Crippen LogP) is 4.22. The molecule has 1 atom stereocenters. The van der Waals surface area contributed by atoms with E-state index in [1.165, 1.54) is 11.8 Å². The summed E-state index contributed by atoms with van der Waals surface area (Å²) in [5, 5.41) is 10.3. The predicted molar refractivity (Wildman–Crippen MR) is 118 cm³/mol. The van der Waals surface area contributed by atoms with Gasteiger partial charge in [-0.3, -0.25) is 4.79 Å². The molecule has 0 aliphatic carbocycles. The van der Waals surface area contributed by atoms with E-state index in [2.05, 4.69) is 24.0 Å². The minimum atomic E-state index is -0.0277. The molecule has 0 N–H and O–H groups in total. The number of aryl methyl sites for hydroxylation is 1. The van der Waals surface area contributed by atoms with Gasteiger partial charge < -0.3 is 4.74 Å². The molecule has 8 heteroatoms. The van der Waals surface area contributed by atoms with Gasteiger partial charge in [0.15, 0.2) is 5.16 Å². The third-order valence-electron chi connectivity index (χ3n) is 5.53. The first kappa shape index (κ1) is 18.8. The molecule has 0 spiro atoms. The lowest BCUT2D eigenvalue weighted by atomic mass is 9.96. The molecule has 1 aliphatic heterocycles. The van der Waals surface area contributed by atoms with Crippen LogP contribution in [-0.4, -0.2) is 31.5 Å². The lowest BCUT2D eigenvalue weighted by Gasteiger charge is -2.26. The molecule has 4 aromatic rings. The van der Waals surface area contributed by atoms with Crippen LogP contribution in [0.1, 0.15) is 29.9 Å². The fourth-order valence-electron chi connectivity index (χ4n) is 4.00. The van der Waals surface area contributed by atoms with Gasteiger partial charge in [0.1, 0.15) is 4.83 Å². The van der Waals surface area contributed by atoms with Crippen LogP contribution in [0.25, 0.3) is 21.7 Å². The van der Waals surface area contributed by atoms with E-state index in [-0.39, 0.29) is 11.7 Å². The first-order valence-electron chi connectivity index (χ1n) is 9.66. The van der Waals surface area contributed by atoms with Crippen molar-refractivity contribution in [1.82, 2.24) is 19.2 Å². The minimum absolute atomic E-state index is 0.0277. The van der Waals surface area contributed by atoms with Crippen molar-refractivity contribution in [2.75, 3.05) is 6.26 Å². The molecule has 150 valence electrons. The van der Waals surface area contributed by atoms with Crippen molar-refractivity contribution in [3.63, 3.8) is 0 Å². The van der Waals surface area contributed by atoms with Gasteiger partial charge in [-0.05, 0) is 42.4 Å². The van der Waals surface area contributed by atoms with E-state index in [1.807, 2.05) is 41.8 Å². The Bertz CT molecular complexity index is 1300. The number of hydrogen-bond acceptors (Lipinski definition) is 6. The number of fused-ring (bicyclic) bond motifs is 5. The van der Waals surface area contributed by atoms with Gasteiger partial charge in [0.25, 0.3) is 5.56 Å². The van der Waals surface area contributed by atoms with Crippen molar-refractivity contribution in [2.45, 2.75) is 45.1 Å². The maximum Gasteiger partial charge on any atom is 0.268 e. The number of thiophene rings is 1. The van der Waals surface area contributed by atoms with Crippen LogP contribution in [0.5, 0.6) is 0 Å². The zero-order valence-corrected chi connectivity index (χ0v) is 18.4. The Kier molecular flexibility index (Phi) is 4.53. The van der Waals surface area contributed by atoms with E-state index in [1.54, 1.807) is 15.9 Å². The molecule has 5 rings (SSSR count). The van der Waals surface area contributed by atoms with Crippen LogP contribution in [0.4, 0.5) is 0 Å². The Balaban J connectivity index is 1.90. The third-order valence-corrected chi connectivity index (χ3v) is 7.35. The van der Waals surface area contributed by atoms with Crippen LogP contribution >= 0.6 is 23.1 Å². The molecule has 0 fully saturated rings. The normalized spacial score (nSPS) is 16.8. The highest BCUT2D eigenvalue weighted by Crippen LogP contribution is 2.37. The average Bonchev–Trinajstić information content (AvgIpc) is 3.28. The standard InChI is InChI=1S/C21H22N4O2S2/c1-11(2)15-9-14-16(10-27-15)29-19-17(14)18(26)24(13-7-5-6-12(3)8-13)20-22-23-21(28-4)25(19)20/h5-8,11,15H,9-10H2,1-4H3/t15-/m1/s1. The van der Waals surface area contributed by atoms with Crippen molar-refractivity contribution in [3.8, 4) is 5.69 Å². The number of aromatic nitrogens is 4. The fourth-order valence-corrected chi connectivity index (χ4v) is 5.78. The van der Waals surface area contributed by atoms with Gasteiger partial charge in [-0.25, -0.2) is 8.97 Å². The van der Waals surface area contributed by atoms with Crippen LogP contribution in [0, 0.1) is 12.8 Å². The molecule has 29 heavy (non-hydrogen) atoms. The highest BCUT2D eigenvalue weighted by atomic mass is 32.2. The lowest BCUT2D eigenvalue weighted by molar-refractivity contribution is 0.00200. The summed E-state index contributed by atoms with van der Waals surface area (Å²) in [5.41, 5.74) is 3.01. The summed E-state index contributed by atoms with van der Waals surface area (Å²) in [6.45, 7) is 6.91. The number of hydrogen-bond donors (Lipinski definition) is 0. The summed E-state index contributed by atoms with van der Waals surface area (Å²) in [6, 6.07) is 7.96. The lowest BCUT2D eigenvalue weighted by Crippen LogP contribution is -2.28. The minimum Gasteiger partial charge on any atom is -0.372 e. The van der Waals surface area contributed by atoms with Crippen LogP contribution in [0.3, 0.4) is 0 Å². The molecular formula is C21H22N4O2S2. The first-order valence-corrected chi connectivity index (χ1v) is 11.7. The Morgan fingerprint density at radius 1 is 1.31 bits per heavy atom. The van der Waals surface area contributed by atoms with E-state index >= 15 is 0 Å². The molecule has 0 saturated carbocycles. The molecule has 0 saturated heterocycles. The fraction of sp³-hybridized carbons (Fsp3) is 0.381. The molecule has 1 aliphatic rings. The SMILES string of the molecule is CSc1nnc2n(-c3cccc(C)c3)c(=O)c3c4c(sc3n12)CO[C@@H](C(C)C)C4. The van der Waals surface area contributed by atoms with Crippen molar-refractivity contribution in [3.05, 3.63) is 50.6 Å². The highest BCUT2D eigenvalue weighted by Gasteiger charge is 2.30. The van der Waals surface area contributed by atoms with Gasteiger partial charge in [0.2, 0.25) is 5.78 Å². The van der Waals surface area contributed by atoms with Crippen LogP contribution in [-0.2, 0) is 17.8 Å². The summed E-state index contributed by atoms with van der Waals surface area (Å²) < 4.78 is 9.80. The molecule has 3 aromatic heterocycles. The quantitative estimate of drug-likeness (QED) is 0.459. The van der Waals surface area contributed by atoms with Crippen LogP contribution < -0.4 is 5.56 Å². The molecule has 0 radical (unpaired) electrons. The van der Waals surface area contributed by atoms with E-state index in [0.717, 1.165) is 43.5 Å². The van der Waals surface area contributed by atoms with Gasteiger partial charge in [0, 0.05) is 11.3 Å². The zero-order valence-electron chi connectivity index (χ0n) is 16.8. The number of nitrogens with zero attached hydrogens (tertiary/aromatic N) is 4. The summed E-state index contributed by atoms with van der Waals surface area (Å²) >= 11 is 3.16. The molecule has 1 aromatic carbocycles. The number of ether oxygens (including phenoxy) is 1. The maximum atomic E-state index is 13.8. The van der Waals surface area contributed by atoms with Crippen molar-refractivity contribution >= 4 is 39.1 Å². The molecule has 4 heterocycles. The van der Waals surface area contributed by atoms with E-state index < -0.39 is 0 Å². The Labute approximate surface area is 176 Å². The van der Waals surface area contributed by atoms with Crippen molar-refractivity contribution in [1.29, 1.82) is 0 Å². The van der Waals surface area contributed by atoms with E-state index in [0.29, 0.717) is 18.3 Å². The second kappa shape index (κ2) is 6.97. The second-order valence-corrected chi connectivity index (χ2v) is 9.64. The topological polar surface area (TPSA) is 61.4 Å². The number of thioether (sulfide) groups is 1. The molecule has 0 amide bonds. The first-order chi connectivity index (χ1) is 14.0. The number of rotatable bonds is 3. The smallest absolute Gasteiger partial charge is 0.268 e. The molecule has 6 nitrogen and oxygen atoms in total. The highest BCUT2D eigenvalue weighted by molar-refractivity contribution is 7.98. The van der Waals surface area contributed by atoms with Gasteiger partial charge in [-0.15, -0.1) is 21.5 Å². The molecule has 0 bridgehead atoms. The monoisotopic (exact) mass is 426 g/mol.